The van der Waals surface area contributed by atoms with Gasteiger partial charge in [0.2, 0.25) is 5.91 Å². The van der Waals surface area contributed by atoms with Crippen molar-refractivity contribution in [3.05, 3.63) is 85.8 Å². The minimum absolute atomic E-state index is 0.00439. The molecule has 2 aromatic carbocycles. The Labute approximate surface area is 210 Å². The van der Waals surface area contributed by atoms with Crippen molar-refractivity contribution in [1.29, 1.82) is 0 Å². The molecule has 11 nitrogen and oxygen atoms in total. The van der Waals surface area contributed by atoms with E-state index in [1.165, 1.54) is 30.0 Å². The monoisotopic (exact) mass is 503 g/mol. The molecule has 0 atom stereocenters. The van der Waals surface area contributed by atoms with Gasteiger partial charge in [-0.05, 0) is 30.7 Å². The maximum atomic E-state index is 13.1. The number of methoxy groups -OCH3 is 2. The molecule has 0 radical (unpaired) electrons. The van der Waals surface area contributed by atoms with Crippen LogP contribution in [0.3, 0.4) is 0 Å². The Kier molecular flexibility index (Phi) is 6.12. The molecule has 0 spiro atoms. The molecule has 190 valence electrons. The number of rotatable bonds is 7. The van der Waals surface area contributed by atoms with Crippen molar-refractivity contribution in [2.75, 3.05) is 14.2 Å². The van der Waals surface area contributed by atoms with E-state index in [0.29, 0.717) is 45.8 Å². The number of imidazole rings is 1. The van der Waals surface area contributed by atoms with Crippen LogP contribution in [0.15, 0.2) is 52.3 Å². The van der Waals surface area contributed by atoms with Gasteiger partial charge in [0.05, 0.1) is 40.1 Å². The largest absolute Gasteiger partial charge is 0.496 e. The molecule has 2 amide bonds. The summed E-state index contributed by atoms with van der Waals surface area (Å²) in [7, 11) is 2.97. The number of hydrogen-bond acceptors (Lipinski definition) is 7. The first-order chi connectivity index (χ1) is 17.9. The van der Waals surface area contributed by atoms with E-state index in [0.717, 1.165) is 0 Å². The molecule has 0 fully saturated rings. The highest BCUT2D eigenvalue weighted by molar-refractivity contribution is 6.09. The summed E-state index contributed by atoms with van der Waals surface area (Å²) in [5.74, 6) is 0.172. The number of nitrogens with one attached hydrogen (secondary N) is 1. The molecule has 3 heterocycles. The van der Waals surface area contributed by atoms with Gasteiger partial charge in [0, 0.05) is 23.2 Å². The van der Waals surface area contributed by atoms with E-state index in [4.69, 9.17) is 9.47 Å². The number of aromatic nitrogens is 4. The highest BCUT2D eigenvalue weighted by Crippen LogP contribution is 2.32. The predicted octanol–water partition coefficient (Wildman–Crippen LogP) is 1.70. The molecule has 11 heteroatoms. The second-order valence-electron chi connectivity index (χ2n) is 8.64. The lowest BCUT2D eigenvalue weighted by atomic mass is 9.97. The first-order valence-corrected chi connectivity index (χ1v) is 11.7. The van der Waals surface area contributed by atoms with Crippen molar-refractivity contribution in [3.63, 3.8) is 0 Å². The number of H-pyrrole nitrogens is 1. The van der Waals surface area contributed by atoms with E-state index < -0.39 is 11.2 Å². The lowest BCUT2D eigenvalue weighted by Gasteiger charge is -2.27. The van der Waals surface area contributed by atoms with Crippen molar-refractivity contribution in [2.45, 2.75) is 33.0 Å². The number of imide groups is 1. The van der Waals surface area contributed by atoms with Crippen LogP contribution in [-0.2, 0) is 30.8 Å². The Hall–Kier alpha value is -4.67. The Bertz CT molecular complexity index is 1660. The van der Waals surface area contributed by atoms with Crippen molar-refractivity contribution in [1.82, 2.24) is 24.0 Å². The van der Waals surface area contributed by atoms with E-state index in [9.17, 15) is 19.2 Å². The molecular formula is C26H25N5O6. The lowest BCUT2D eigenvalue weighted by Crippen LogP contribution is -2.41. The van der Waals surface area contributed by atoms with Crippen LogP contribution in [0.2, 0.25) is 0 Å². The zero-order valence-electron chi connectivity index (χ0n) is 20.6. The number of ether oxygens (including phenoxy) is 2. The Morgan fingerprint density at radius 3 is 2.32 bits per heavy atom. The van der Waals surface area contributed by atoms with Gasteiger partial charge in [-0.15, -0.1) is 0 Å². The summed E-state index contributed by atoms with van der Waals surface area (Å²) < 4.78 is 14.2. The molecule has 4 aromatic rings. The normalized spacial score (nSPS) is 13.2. The quantitative estimate of drug-likeness (QED) is 0.380. The number of hydrogen-bond donors (Lipinski definition) is 1. The van der Waals surface area contributed by atoms with E-state index in [1.807, 2.05) is 6.92 Å². The van der Waals surface area contributed by atoms with Crippen LogP contribution >= 0.6 is 0 Å². The second kappa shape index (κ2) is 9.41. The van der Waals surface area contributed by atoms with Gasteiger partial charge in [-0.3, -0.25) is 28.8 Å². The fraction of sp³-hybridized carbons (Fsp3) is 0.269. The van der Waals surface area contributed by atoms with Crippen LogP contribution in [0.25, 0.3) is 11.2 Å². The van der Waals surface area contributed by atoms with Crippen molar-refractivity contribution in [2.24, 2.45) is 0 Å². The van der Waals surface area contributed by atoms with E-state index in [-0.39, 0.29) is 37.0 Å². The number of carbonyl (C=O) groups is 2. The van der Waals surface area contributed by atoms with Crippen LogP contribution in [-0.4, -0.2) is 50.0 Å². The molecule has 2 aromatic heterocycles. The van der Waals surface area contributed by atoms with Crippen LogP contribution in [0.1, 0.15) is 34.0 Å². The fourth-order valence-electron chi connectivity index (χ4n) is 4.68. The highest BCUT2D eigenvalue weighted by atomic mass is 16.5. The van der Waals surface area contributed by atoms with E-state index >= 15 is 0 Å². The maximum Gasteiger partial charge on any atom is 0.330 e. The Morgan fingerprint density at radius 2 is 1.65 bits per heavy atom. The standard InChI is InChI=1S/C26H25N5O6/c1-4-29-14-27-23-22(29)24(33)28-26(35)31(23)13-17-10-19(36-2)16(9-20(17)37-3)12-30-21(32)11-15-7-5-6-8-18(15)25(30)34/h5-10,14H,4,11-13H2,1-3H3,(H,28,33,35). The second-order valence-corrected chi connectivity index (χ2v) is 8.64. The maximum absolute atomic E-state index is 13.1. The zero-order chi connectivity index (χ0) is 26.3. The average molecular weight is 504 g/mol. The van der Waals surface area contributed by atoms with Crippen LogP contribution in [0.5, 0.6) is 11.5 Å². The summed E-state index contributed by atoms with van der Waals surface area (Å²) >= 11 is 0. The summed E-state index contributed by atoms with van der Waals surface area (Å²) in [5, 5.41) is 0. The lowest BCUT2D eigenvalue weighted by molar-refractivity contribution is -0.128. The third-order valence-electron chi connectivity index (χ3n) is 6.57. The first-order valence-electron chi connectivity index (χ1n) is 11.7. The smallest absolute Gasteiger partial charge is 0.330 e. The summed E-state index contributed by atoms with van der Waals surface area (Å²) in [5.41, 5.74) is 1.80. The number of aromatic amines is 1. The summed E-state index contributed by atoms with van der Waals surface area (Å²) in [6.45, 7) is 2.43. The number of benzene rings is 2. The Balaban J connectivity index is 1.53. The molecule has 0 aliphatic carbocycles. The van der Waals surface area contributed by atoms with Gasteiger partial charge >= 0.3 is 5.69 Å². The molecule has 0 bridgehead atoms. The molecule has 1 aliphatic rings. The summed E-state index contributed by atoms with van der Waals surface area (Å²) in [6.07, 6.45) is 1.65. The number of fused-ring (bicyclic) bond motifs is 2. The van der Waals surface area contributed by atoms with Gasteiger partial charge in [-0.1, -0.05) is 18.2 Å². The van der Waals surface area contributed by atoms with Gasteiger partial charge in [0.25, 0.3) is 11.5 Å². The van der Waals surface area contributed by atoms with Crippen LogP contribution in [0, 0.1) is 0 Å². The van der Waals surface area contributed by atoms with Gasteiger partial charge in [-0.25, -0.2) is 9.78 Å². The molecule has 1 aliphatic heterocycles. The third kappa shape index (κ3) is 4.07. The van der Waals surface area contributed by atoms with Crippen molar-refractivity contribution < 1.29 is 19.1 Å². The molecule has 0 saturated heterocycles. The minimum Gasteiger partial charge on any atom is -0.496 e. The number of aryl methyl sites for hydroxylation is 1. The van der Waals surface area contributed by atoms with Crippen molar-refractivity contribution in [3.8, 4) is 11.5 Å². The topological polar surface area (TPSA) is 129 Å². The van der Waals surface area contributed by atoms with E-state index in [1.54, 1.807) is 41.0 Å². The van der Waals surface area contributed by atoms with Crippen LogP contribution in [0.4, 0.5) is 0 Å². The molecule has 0 unspecified atom stereocenters. The molecule has 1 N–H and O–H groups in total. The number of amides is 2. The minimum atomic E-state index is -0.605. The average Bonchev–Trinajstić information content (AvgIpc) is 3.33. The molecular weight excluding hydrogens is 478 g/mol. The zero-order valence-corrected chi connectivity index (χ0v) is 20.6. The van der Waals surface area contributed by atoms with Crippen molar-refractivity contribution >= 4 is 23.0 Å². The molecule has 37 heavy (non-hydrogen) atoms. The number of nitrogens with zero attached hydrogens (tertiary/aromatic N) is 4. The van der Waals surface area contributed by atoms with E-state index in [2.05, 4.69) is 9.97 Å². The predicted molar refractivity (Wildman–Crippen MR) is 134 cm³/mol. The van der Waals surface area contributed by atoms with Gasteiger partial charge in [0.1, 0.15) is 11.5 Å². The number of carbonyl (C=O) groups excluding carboxylic acids is 2. The molecule has 5 rings (SSSR count). The Morgan fingerprint density at radius 1 is 0.973 bits per heavy atom. The summed E-state index contributed by atoms with van der Waals surface area (Å²) in [6, 6.07) is 10.4. The fourth-order valence-corrected chi connectivity index (χ4v) is 4.68. The first kappa shape index (κ1) is 24.0. The highest BCUT2D eigenvalue weighted by Gasteiger charge is 2.31. The van der Waals surface area contributed by atoms with Gasteiger partial charge in [0.15, 0.2) is 11.2 Å². The SMILES string of the molecule is CCn1cnc2c1c(=O)[nH]c(=O)n2Cc1cc(OC)c(CN2C(=O)Cc3ccccc3C2=O)cc1OC. The molecule has 0 saturated carbocycles. The third-order valence-corrected chi connectivity index (χ3v) is 6.57. The summed E-state index contributed by atoms with van der Waals surface area (Å²) in [4.78, 5) is 58.8. The van der Waals surface area contributed by atoms with Gasteiger partial charge < -0.3 is 14.0 Å². The van der Waals surface area contributed by atoms with Gasteiger partial charge in [-0.2, -0.15) is 0 Å². The van der Waals surface area contributed by atoms with Crippen LogP contribution < -0.4 is 20.7 Å².